The number of rotatable bonds is 6. The standard InChI is InChI=1S/C24H20F2N2O4S/c1-31-16-9-14(10-17(12-16)32-2)23(30)27-20-6-4-3-5-18(20)24-28(22(29)13-33-24)21-8-7-15(25)11-19(21)26/h3-12,24H,13H2,1-2H3,(H,27,30). The van der Waals surface area contributed by atoms with E-state index < -0.39 is 22.9 Å². The van der Waals surface area contributed by atoms with E-state index in [9.17, 15) is 18.4 Å². The number of benzene rings is 3. The number of methoxy groups -OCH3 is 2. The lowest BCUT2D eigenvalue weighted by Gasteiger charge is -2.26. The molecule has 170 valence electrons. The number of para-hydroxylation sites is 1. The highest BCUT2D eigenvalue weighted by Gasteiger charge is 2.37. The molecular formula is C24H20F2N2O4S. The molecule has 0 aliphatic carbocycles. The Balaban J connectivity index is 1.67. The molecule has 0 bridgehead atoms. The van der Waals surface area contributed by atoms with E-state index >= 15 is 0 Å². The van der Waals surface area contributed by atoms with Crippen LogP contribution in [0.3, 0.4) is 0 Å². The molecule has 1 atom stereocenters. The number of ether oxygens (including phenoxy) is 2. The Morgan fingerprint density at radius 3 is 2.39 bits per heavy atom. The lowest BCUT2D eigenvalue weighted by atomic mass is 10.1. The first kappa shape index (κ1) is 22.6. The molecular weight excluding hydrogens is 450 g/mol. The van der Waals surface area contributed by atoms with Gasteiger partial charge in [0.2, 0.25) is 5.91 Å². The number of anilines is 2. The maximum Gasteiger partial charge on any atom is 0.255 e. The van der Waals surface area contributed by atoms with E-state index in [0.717, 1.165) is 12.1 Å². The van der Waals surface area contributed by atoms with Crippen molar-refractivity contribution >= 4 is 35.0 Å². The van der Waals surface area contributed by atoms with Crippen molar-refractivity contribution in [2.45, 2.75) is 5.37 Å². The van der Waals surface area contributed by atoms with E-state index in [0.29, 0.717) is 28.3 Å². The summed E-state index contributed by atoms with van der Waals surface area (Å²) in [5, 5.41) is 2.26. The average Bonchev–Trinajstić information content (AvgIpc) is 3.19. The number of carbonyl (C=O) groups excluding carboxylic acids is 2. The van der Waals surface area contributed by atoms with Gasteiger partial charge in [-0.25, -0.2) is 8.78 Å². The van der Waals surface area contributed by atoms with Crippen LogP contribution in [-0.4, -0.2) is 31.8 Å². The molecule has 3 aromatic rings. The zero-order valence-corrected chi connectivity index (χ0v) is 18.6. The molecule has 1 N–H and O–H groups in total. The fourth-order valence-electron chi connectivity index (χ4n) is 3.55. The number of thioether (sulfide) groups is 1. The van der Waals surface area contributed by atoms with Gasteiger partial charge in [0.1, 0.15) is 28.5 Å². The average molecular weight is 470 g/mol. The molecule has 1 aliphatic rings. The van der Waals surface area contributed by atoms with Crippen molar-refractivity contribution in [2.75, 3.05) is 30.2 Å². The van der Waals surface area contributed by atoms with Crippen LogP contribution in [0.2, 0.25) is 0 Å². The minimum atomic E-state index is -0.833. The minimum Gasteiger partial charge on any atom is -0.497 e. The fraction of sp³-hybridized carbons (Fsp3) is 0.167. The third kappa shape index (κ3) is 4.63. The molecule has 2 amide bonds. The molecule has 0 spiro atoms. The van der Waals surface area contributed by atoms with E-state index in [1.807, 2.05) is 0 Å². The summed E-state index contributed by atoms with van der Waals surface area (Å²) < 4.78 is 38.4. The molecule has 0 saturated carbocycles. The number of hydrogen-bond acceptors (Lipinski definition) is 5. The first-order valence-corrected chi connectivity index (χ1v) is 11.0. The molecule has 1 unspecified atom stereocenters. The van der Waals surface area contributed by atoms with Crippen LogP contribution in [0.4, 0.5) is 20.2 Å². The van der Waals surface area contributed by atoms with Gasteiger partial charge in [-0.15, -0.1) is 11.8 Å². The summed E-state index contributed by atoms with van der Waals surface area (Å²) in [5.74, 6) is -1.24. The predicted octanol–water partition coefficient (Wildman–Crippen LogP) is 5.01. The summed E-state index contributed by atoms with van der Waals surface area (Å²) in [6.45, 7) is 0. The molecule has 1 saturated heterocycles. The Hall–Kier alpha value is -3.59. The van der Waals surface area contributed by atoms with Crippen molar-refractivity contribution in [1.82, 2.24) is 0 Å². The van der Waals surface area contributed by atoms with Gasteiger partial charge in [-0.1, -0.05) is 18.2 Å². The highest BCUT2D eigenvalue weighted by Crippen LogP contribution is 2.45. The summed E-state index contributed by atoms with van der Waals surface area (Å²) in [5.41, 5.74) is 1.37. The molecule has 1 fully saturated rings. The van der Waals surface area contributed by atoms with Gasteiger partial charge < -0.3 is 14.8 Å². The van der Waals surface area contributed by atoms with Crippen LogP contribution >= 0.6 is 11.8 Å². The summed E-state index contributed by atoms with van der Waals surface area (Å²) in [6.07, 6.45) is 0. The lowest BCUT2D eigenvalue weighted by molar-refractivity contribution is -0.115. The largest absolute Gasteiger partial charge is 0.497 e. The second-order valence-corrected chi connectivity index (χ2v) is 8.23. The van der Waals surface area contributed by atoms with Gasteiger partial charge in [-0.2, -0.15) is 0 Å². The highest BCUT2D eigenvalue weighted by atomic mass is 32.2. The third-order valence-electron chi connectivity index (χ3n) is 5.13. The monoisotopic (exact) mass is 470 g/mol. The Morgan fingerprint density at radius 1 is 1.03 bits per heavy atom. The van der Waals surface area contributed by atoms with Gasteiger partial charge >= 0.3 is 0 Å². The maximum atomic E-state index is 14.5. The van der Waals surface area contributed by atoms with Crippen LogP contribution < -0.4 is 19.7 Å². The summed E-state index contributed by atoms with van der Waals surface area (Å²) in [7, 11) is 2.98. The number of nitrogens with zero attached hydrogens (tertiary/aromatic N) is 1. The van der Waals surface area contributed by atoms with Crippen LogP contribution in [0.15, 0.2) is 60.7 Å². The summed E-state index contributed by atoms with van der Waals surface area (Å²) in [4.78, 5) is 26.9. The number of amides is 2. The first-order chi connectivity index (χ1) is 15.9. The normalized spacial score (nSPS) is 15.5. The van der Waals surface area contributed by atoms with Crippen molar-refractivity contribution < 1.29 is 27.8 Å². The van der Waals surface area contributed by atoms with Gasteiger partial charge in [0.05, 0.1) is 25.7 Å². The molecule has 0 aromatic heterocycles. The van der Waals surface area contributed by atoms with E-state index in [1.54, 1.807) is 42.5 Å². The molecule has 1 heterocycles. The molecule has 0 radical (unpaired) electrons. The van der Waals surface area contributed by atoms with Crippen molar-refractivity contribution in [3.05, 3.63) is 83.4 Å². The predicted molar refractivity (Wildman–Crippen MR) is 123 cm³/mol. The molecule has 1 aliphatic heterocycles. The van der Waals surface area contributed by atoms with E-state index in [-0.39, 0.29) is 17.3 Å². The Labute approximate surface area is 193 Å². The van der Waals surface area contributed by atoms with Crippen LogP contribution in [0.1, 0.15) is 21.3 Å². The first-order valence-electron chi connectivity index (χ1n) is 9.93. The Morgan fingerprint density at radius 2 is 1.73 bits per heavy atom. The minimum absolute atomic E-state index is 0.0185. The van der Waals surface area contributed by atoms with E-state index in [4.69, 9.17) is 9.47 Å². The van der Waals surface area contributed by atoms with Crippen molar-refractivity contribution in [3.8, 4) is 11.5 Å². The Bertz CT molecular complexity index is 1200. The molecule has 6 nitrogen and oxygen atoms in total. The summed E-state index contributed by atoms with van der Waals surface area (Å²) in [6, 6.07) is 14.9. The van der Waals surface area contributed by atoms with Crippen molar-refractivity contribution in [1.29, 1.82) is 0 Å². The number of halogens is 2. The van der Waals surface area contributed by atoms with Crippen molar-refractivity contribution in [2.24, 2.45) is 0 Å². The SMILES string of the molecule is COc1cc(OC)cc(C(=O)Nc2ccccc2C2SCC(=O)N2c2ccc(F)cc2F)c1. The van der Waals surface area contributed by atoms with Gasteiger partial charge in [-0.05, 0) is 30.3 Å². The van der Waals surface area contributed by atoms with Crippen LogP contribution in [0, 0.1) is 11.6 Å². The summed E-state index contributed by atoms with van der Waals surface area (Å²) >= 11 is 1.29. The van der Waals surface area contributed by atoms with Crippen LogP contribution in [0.5, 0.6) is 11.5 Å². The third-order valence-corrected chi connectivity index (χ3v) is 6.32. The number of hydrogen-bond donors (Lipinski definition) is 1. The van der Waals surface area contributed by atoms with Gasteiger partial charge in [0.15, 0.2) is 0 Å². The highest BCUT2D eigenvalue weighted by molar-refractivity contribution is 8.00. The smallest absolute Gasteiger partial charge is 0.255 e. The maximum absolute atomic E-state index is 14.5. The molecule has 9 heteroatoms. The molecule has 3 aromatic carbocycles. The van der Waals surface area contributed by atoms with Crippen molar-refractivity contribution in [3.63, 3.8) is 0 Å². The zero-order chi connectivity index (χ0) is 23.5. The second-order valence-electron chi connectivity index (χ2n) is 7.17. The fourth-order valence-corrected chi connectivity index (χ4v) is 4.76. The Kier molecular flexibility index (Phi) is 6.50. The topological polar surface area (TPSA) is 67.9 Å². The molecule has 4 rings (SSSR count). The molecule has 33 heavy (non-hydrogen) atoms. The zero-order valence-electron chi connectivity index (χ0n) is 17.8. The second kappa shape index (κ2) is 9.50. The van der Waals surface area contributed by atoms with Gasteiger partial charge in [-0.3, -0.25) is 14.5 Å². The van der Waals surface area contributed by atoms with Gasteiger partial charge in [0, 0.05) is 28.9 Å². The number of nitrogens with one attached hydrogen (secondary N) is 1. The number of carbonyl (C=O) groups is 2. The van der Waals surface area contributed by atoms with Crippen LogP contribution in [-0.2, 0) is 4.79 Å². The van der Waals surface area contributed by atoms with E-state index in [1.165, 1.54) is 36.9 Å². The van der Waals surface area contributed by atoms with Gasteiger partial charge in [0.25, 0.3) is 5.91 Å². The van der Waals surface area contributed by atoms with E-state index in [2.05, 4.69) is 5.32 Å². The van der Waals surface area contributed by atoms with Crippen LogP contribution in [0.25, 0.3) is 0 Å². The quantitative estimate of drug-likeness (QED) is 0.548. The lowest BCUT2D eigenvalue weighted by Crippen LogP contribution is -2.29.